The summed E-state index contributed by atoms with van der Waals surface area (Å²) in [6.45, 7) is 5.64. The molecule has 0 aliphatic rings. The average Bonchev–Trinajstić information content (AvgIpc) is 2.14. The maximum absolute atomic E-state index is 10.7. The number of rotatable bonds is 1. The fourth-order valence-corrected chi connectivity index (χ4v) is 2.40. The minimum atomic E-state index is 0.110. The predicted molar refractivity (Wildman–Crippen MR) is 73.6 cm³/mol. The second-order valence-electron chi connectivity index (χ2n) is 3.50. The van der Waals surface area contributed by atoms with E-state index in [9.17, 15) is 4.79 Å². The van der Waals surface area contributed by atoms with E-state index >= 15 is 0 Å². The molecule has 0 aliphatic carbocycles. The Morgan fingerprint density at radius 1 is 1.38 bits per heavy atom. The third-order valence-electron chi connectivity index (χ3n) is 2.06. The Bertz CT molecular complexity index is 446. The van der Waals surface area contributed by atoms with Crippen molar-refractivity contribution in [2.75, 3.05) is 5.75 Å². The van der Waals surface area contributed by atoms with Crippen molar-refractivity contribution in [1.29, 1.82) is 0 Å². The molecule has 0 saturated heterocycles. The van der Waals surface area contributed by atoms with E-state index in [2.05, 4.69) is 39.9 Å². The van der Waals surface area contributed by atoms with Crippen molar-refractivity contribution < 1.29 is 4.79 Å². The molecule has 0 aliphatic heterocycles. The van der Waals surface area contributed by atoms with Gasteiger partial charge < -0.3 is 0 Å². The monoisotopic (exact) mass is 296 g/mol. The second-order valence-corrected chi connectivity index (χ2v) is 5.56. The van der Waals surface area contributed by atoms with Crippen molar-refractivity contribution in [1.82, 2.24) is 0 Å². The highest BCUT2D eigenvalue weighted by Gasteiger charge is 2.00. The molecule has 1 rings (SSSR count). The van der Waals surface area contributed by atoms with Crippen molar-refractivity contribution >= 4 is 32.8 Å². The fraction of sp³-hybridized carbons (Fsp3) is 0.308. The number of hydrogen-bond donors (Lipinski definition) is 0. The molecule has 0 saturated carbocycles. The zero-order chi connectivity index (χ0) is 12.1. The highest BCUT2D eigenvalue weighted by atomic mass is 79.9. The summed E-state index contributed by atoms with van der Waals surface area (Å²) in [7, 11) is 0. The Morgan fingerprint density at radius 3 is 2.44 bits per heavy atom. The van der Waals surface area contributed by atoms with Crippen molar-refractivity contribution in [2.45, 2.75) is 20.8 Å². The summed E-state index contributed by atoms with van der Waals surface area (Å²) in [5.41, 5.74) is 3.38. The number of carbonyl (C=O) groups excluding carboxylic acids is 1. The van der Waals surface area contributed by atoms with Crippen LogP contribution in [0.25, 0.3) is 0 Å². The molecule has 0 bridgehead atoms. The van der Waals surface area contributed by atoms with Gasteiger partial charge in [-0.25, -0.2) is 0 Å². The van der Waals surface area contributed by atoms with E-state index in [1.165, 1.54) is 11.8 Å². The molecule has 0 spiro atoms. The van der Waals surface area contributed by atoms with Crippen molar-refractivity contribution in [3.63, 3.8) is 0 Å². The van der Waals surface area contributed by atoms with Crippen LogP contribution >= 0.6 is 27.7 Å². The van der Waals surface area contributed by atoms with Gasteiger partial charge in [0.1, 0.15) is 0 Å². The SMILES string of the molecule is CC(=O)SCC#Cc1c(C)cc(Br)cc1C. The lowest BCUT2D eigenvalue weighted by atomic mass is 10.0. The first-order valence-corrected chi connectivity index (χ1v) is 6.67. The quantitative estimate of drug-likeness (QED) is 0.735. The normalized spacial score (nSPS) is 9.50. The zero-order valence-electron chi connectivity index (χ0n) is 9.56. The molecule has 0 fully saturated rings. The van der Waals surface area contributed by atoms with Crippen LogP contribution in [0, 0.1) is 25.7 Å². The molecular formula is C13H13BrOS. The number of aryl methyl sites for hydroxylation is 2. The van der Waals surface area contributed by atoms with Crippen LogP contribution in [0.15, 0.2) is 16.6 Å². The molecule has 0 atom stereocenters. The number of carbonyl (C=O) groups is 1. The first-order chi connectivity index (χ1) is 7.50. The van der Waals surface area contributed by atoms with Crippen molar-refractivity contribution in [3.05, 3.63) is 33.3 Å². The van der Waals surface area contributed by atoms with Gasteiger partial charge in [0.15, 0.2) is 5.12 Å². The number of halogens is 1. The van der Waals surface area contributed by atoms with Gasteiger partial charge in [0.25, 0.3) is 0 Å². The van der Waals surface area contributed by atoms with Crippen LogP contribution in [-0.4, -0.2) is 10.9 Å². The third kappa shape index (κ3) is 4.03. The number of benzene rings is 1. The van der Waals surface area contributed by atoms with E-state index in [0.717, 1.165) is 21.2 Å². The van der Waals surface area contributed by atoms with Gasteiger partial charge in [-0.1, -0.05) is 39.5 Å². The van der Waals surface area contributed by atoms with Crippen LogP contribution in [0.4, 0.5) is 0 Å². The van der Waals surface area contributed by atoms with Gasteiger partial charge in [-0.3, -0.25) is 4.79 Å². The summed E-state index contributed by atoms with van der Waals surface area (Å²) in [6, 6.07) is 4.10. The van der Waals surface area contributed by atoms with E-state index in [0.29, 0.717) is 5.75 Å². The zero-order valence-corrected chi connectivity index (χ0v) is 12.0. The predicted octanol–water partition coefficient (Wildman–Crippen LogP) is 3.70. The van der Waals surface area contributed by atoms with E-state index < -0.39 is 0 Å². The van der Waals surface area contributed by atoms with E-state index in [1.54, 1.807) is 6.92 Å². The van der Waals surface area contributed by atoms with Gasteiger partial charge in [0.05, 0.1) is 5.75 Å². The lowest BCUT2D eigenvalue weighted by Gasteiger charge is -2.03. The molecule has 0 radical (unpaired) electrons. The minimum absolute atomic E-state index is 0.110. The minimum Gasteiger partial charge on any atom is -0.288 e. The molecule has 0 unspecified atom stereocenters. The standard InChI is InChI=1S/C13H13BrOS/c1-9-7-12(14)8-10(2)13(9)5-4-6-16-11(3)15/h7-8H,6H2,1-3H3. The molecule has 84 valence electrons. The van der Waals surface area contributed by atoms with Crippen LogP contribution in [0.2, 0.25) is 0 Å². The summed E-state index contributed by atoms with van der Waals surface area (Å²) in [6.07, 6.45) is 0. The Kier molecular flexibility index (Phi) is 5.11. The Morgan fingerprint density at radius 2 is 1.94 bits per heavy atom. The molecule has 1 aromatic rings. The van der Waals surface area contributed by atoms with Crippen LogP contribution in [0.3, 0.4) is 0 Å². The maximum Gasteiger partial charge on any atom is 0.186 e. The van der Waals surface area contributed by atoms with Crippen LogP contribution in [0.1, 0.15) is 23.6 Å². The van der Waals surface area contributed by atoms with Crippen LogP contribution in [0.5, 0.6) is 0 Å². The topological polar surface area (TPSA) is 17.1 Å². The maximum atomic E-state index is 10.7. The first kappa shape index (κ1) is 13.3. The first-order valence-electron chi connectivity index (χ1n) is 4.89. The summed E-state index contributed by atoms with van der Waals surface area (Å²) in [5, 5.41) is 0.110. The second kappa shape index (κ2) is 6.12. The molecule has 1 nitrogen and oxygen atoms in total. The van der Waals surface area contributed by atoms with Gasteiger partial charge in [0, 0.05) is 17.0 Å². The average molecular weight is 297 g/mol. The summed E-state index contributed by atoms with van der Waals surface area (Å²) < 4.78 is 1.08. The number of hydrogen-bond acceptors (Lipinski definition) is 2. The highest BCUT2D eigenvalue weighted by molar-refractivity contribution is 9.10. The van der Waals surface area contributed by atoms with Crippen LogP contribution in [-0.2, 0) is 4.79 Å². The lowest BCUT2D eigenvalue weighted by molar-refractivity contribution is -0.109. The van der Waals surface area contributed by atoms with Crippen molar-refractivity contribution in [2.24, 2.45) is 0 Å². The molecular weight excluding hydrogens is 284 g/mol. The highest BCUT2D eigenvalue weighted by Crippen LogP contribution is 2.19. The smallest absolute Gasteiger partial charge is 0.186 e. The molecule has 0 aromatic heterocycles. The molecule has 3 heteroatoms. The lowest BCUT2D eigenvalue weighted by Crippen LogP contribution is -1.89. The van der Waals surface area contributed by atoms with Gasteiger partial charge in [-0.15, -0.1) is 0 Å². The van der Waals surface area contributed by atoms with E-state index in [-0.39, 0.29) is 5.12 Å². The number of thioether (sulfide) groups is 1. The molecule has 0 N–H and O–H groups in total. The molecule has 16 heavy (non-hydrogen) atoms. The summed E-state index contributed by atoms with van der Waals surface area (Å²) in [5.74, 6) is 6.69. The fourth-order valence-electron chi connectivity index (χ4n) is 1.37. The summed E-state index contributed by atoms with van der Waals surface area (Å²) in [4.78, 5) is 10.7. The van der Waals surface area contributed by atoms with E-state index in [1.807, 2.05) is 13.8 Å². The Labute approximate surface area is 109 Å². The van der Waals surface area contributed by atoms with Gasteiger partial charge in [-0.2, -0.15) is 0 Å². The molecule has 1 aromatic carbocycles. The van der Waals surface area contributed by atoms with E-state index in [4.69, 9.17) is 0 Å². The molecule has 0 heterocycles. The Hall–Kier alpha value is -0.720. The summed E-state index contributed by atoms with van der Waals surface area (Å²) >= 11 is 4.69. The van der Waals surface area contributed by atoms with Gasteiger partial charge in [0.2, 0.25) is 0 Å². The third-order valence-corrected chi connectivity index (χ3v) is 3.21. The van der Waals surface area contributed by atoms with Crippen LogP contribution < -0.4 is 0 Å². The van der Waals surface area contributed by atoms with Crippen molar-refractivity contribution in [3.8, 4) is 11.8 Å². The Balaban J connectivity index is 2.84. The molecule has 0 amide bonds. The van der Waals surface area contributed by atoms with Gasteiger partial charge >= 0.3 is 0 Å². The van der Waals surface area contributed by atoms with Gasteiger partial charge in [-0.05, 0) is 37.1 Å². The largest absolute Gasteiger partial charge is 0.288 e.